The molecule has 0 saturated carbocycles. The standard InChI is InChI=1S/C28H28N4S/c1-19(2)21-11-15-23(16-12-21)32-27(26(30-28(32)33)24-7-4-5-17-29-24)25-8-6-18-31(25)22-13-9-20(3)10-14-22/h4-19,26-27H,1-3H3,(H,30,33)/t26-,27-/m1/s1. The van der Waals surface area contributed by atoms with Gasteiger partial charge in [-0.05, 0) is 79.2 Å². The van der Waals surface area contributed by atoms with Crippen molar-refractivity contribution in [1.29, 1.82) is 0 Å². The Balaban J connectivity index is 1.63. The molecule has 166 valence electrons. The van der Waals surface area contributed by atoms with Crippen LogP contribution in [0.3, 0.4) is 0 Å². The van der Waals surface area contributed by atoms with E-state index in [1.54, 1.807) is 0 Å². The van der Waals surface area contributed by atoms with E-state index in [-0.39, 0.29) is 12.1 Å². The third kappa shape index (κ3) is 4.05. The number of hydrogen-bond acceptors (Lipinski definition) is 2. The quantitative estimate of drug-likeness (QED) is 0.351. The number of nitrogens with zero attached hydrogens (tertiary/aromatic N) is 3. The number of aromatic nitrogens is 2. The van der Waals surface area contributed by atoms with E-state index >= 15 is 0 Å². The third-order valence-corrected chi connectivity index (χ3v) is 6.65. The highest BCUT2D eigenvalue weighted by Gasteiger charge is 2.42. The molecule has 2 atom stereocenters. The Kier molecular flexibility index (Phi) is 5.73. The molecule has 0 bridgehead atoms. The number of aryl methyl sites for hydroxylation is 1. The Morgan fingerprint density at radius 1 is 0.879 bits per heavy atom. The van der Waals surface area contributed by atoms with Crippen molar-refractivity contribution >= 4 is 23.0 Å². The first-order valence-corrected chi connectivity index (χ1v) is 11.8. The van der Waals surface area contributed by atoms with Gasteiger partial charge in [0.25, 0.3) is 0 Å². The van der Waals surface area contributed by atoms with Gasteiger partial charge >= 0.3 is 0 Å². The largest absolute Gasteiger partial charge is 0.351 e. The van der Waals surface area contributed by atoms with Crippen molar-refractivity contribution < 1.29 is 0 Å². The zero-order valence-corrected chi connectivity index (χ0v) is 20.0. The SMILES string of the molecule is Cc1ccc(-n2cccc2[C@@H]2[C@@H](c3ccccn3)NC(=S)N2c2ccc(C(C)C)cc2)cc1. The number of nitrogens with one attached hydrogen (secondary N) is 1. The van der Waals surface area contributed by atoms with Crippen LogP contribution in [0.5, 0.6) is 0 Å². The van der Waals surface area contributed by atoms with Crippen LogP contribution in [-0.4, -0.2) is 14.7 Å². The van der Waals surface area contributed by atoms with Gasteiger partial charge in [0.2, 0.25) is 0 Å². The molecule has 0 amide bonds. The summed E-state index contributed by atoms with van der Waals surface area (Å²) >= 11 is 5.89. The fraction of sp³-hybridized carbons (Fsp3) is 0.214. The molecular weight excluding hydrogens is 424 g/mol. The average Bonchev–Trinajstić information content (AvgIpc) is 3.44. The van der Waals surface area contributed by atoms with E-state index in [9.17, 15) is 0 Å². The van der Waals surface area contributed by atoms with Gasteiger partial charge < -0.3 is 14.8 Å². The maximum atomic E-state index is 5.89. The minimum atomic E-state index is -0.0671. The van der Waals surface area contributed by atoms with Crippen LogP contribution in [0.25, 0.3) is 5.69 Å². The summed E-state index contributed by atoms with van der Waals surface area (Å²) in [6.07, 6.45) is 3.97. The molecule has 0 unspecified atom stereocenters. The van der Waals surface area contributed by atoms with E-state index in [4.69, 9.17) is 12.2 Å². The molecule has 1 fully saturated rings. The first-order valence-electron chi connectivity index (χ1n) is 11.4. The molecule has 1 aliphatic rings. The van der Waals surface area contributed by atoms with E-state index in [1.807, 2.05) is 18.3 Å². The highest BCUT2D eigenvalue weighted by molar-refractivity contribution is 7.80. The topological polar surface area (TPSA) is 33.1 Å². The number of benzene rings is 2. The summed E-state index contributed by atoms with van der Waals surface area (Å²) in [6, 6.07) is 27.6. The van der Waals surface area contributed by atoms with Crippen molar-refractivity contribution in [2.24, 2.45) is 0 Å². The van der Waals surface area contributed by atoms with Crippen LogP contribution >= 0.6 is 12.2 Å². The highest BCUT2D eigenvalue weighted by Crippen LogP contribution is 2.42. The van der Waals surface area contributed by atoms with Gasteiger partial charge in [-0.2, -0.15) is 0 Å². The Hall–Kier alpha value is -3.44. The second-order valence-corrected chi connectivity index (χ2v) is 9.27. The summed E-state index contributed by atoms with van der Waals surface area (Å²) in [6.45, 7) is 6.54. The van der Waals surface area contributed by atoms with E-state index < -0.39 is 0 Å². The predicted molar refractivity (Wildman–Crippen MR) is 139 cm³/mol. The Bertz CT molecular complexity index is 1240. The van der Waals surface area contributed by atoms with E-state index in [0.29, 0.717) is 11.0 Å². The minimum absolute atomic E-state index is 0.0476. The Morgan fingerprint density at radius 2 is 1.61 bits per heavy atom. The van der Waals surface area contributed by atoms with Crippen molar-refractivity contribution in [3.8, 4) is 5.69 Å². The maximum Gasteiger partial charge on any atom is 0.174 e. The van der Waals surface area contributed by atoms with Gasteiger partial charge in [-0.1, -0.05) is 49.7 Å². The van der Waals surface area contributed by atoms with Crippen LogP contribution in [0.2, 0.25) is 0 Å². The lowest BCUT2D eigenvalue weighted by molar-refractivity contribution is 0.549. The van der Waals surface area contributed by atoms with Crippen molar-refractivity contribution in [3.63, 3.8) is 0 Å². The number of anilines is 1. The van der Waals surface area contributed by atoms with Gasteiger partial charge in [-0.15, -0.1) is 0 Å². The molecule has 3 heterocycles. The molecule has 0 radical (unpaired) electrons. The summed E-state index contributed by atoms with van der Waals surface area (Å²) in [5.41, 5.74) is 6.91. The summed E-state index contributed by atoms with van der Waals surface area (Å²) < 4.78 is 2.26. The normalized spacial score (nSPS) is 18.1. The van der Waals surface area contributed by atoms with Crippen molar-refractivity contribution in [1.82, 2.24) is 14.9 Å². The van der Waals surface area contributed by atoms with Gasteiger partial charge in [0.05, 0.1) is 11.7 Å². The van der Waals surface area contributed by atoms with Gasteiger partial charge in [0.1, 0.15) is 6.04 Å². The molecule has 2 aromatic heterocycles. The Labute approximate surface area is 200 Å². The lowest BCUT2D eigenvalue weighted by atomic mass is 9.99. The second kappa shape index (κ2) is 8.83. The molecule has 5 heteroatoms. The number of pyridine rings is 1. The lowest BCUT2D eigenvalue weighted by Gasteiger charge is -2.29. The predicted octanol–water partition coefficient (Wildman–Crippen LogP) is 6.48. The van der Waals surface area contributed by atoms with E-state index in [1.165, 1.54) is 11.1 Å². The number of thiocarbonyl (C=S) groups is 1. The summed E-state index contributed by atoms with van der Waals surface area (Å²) in [5.74, 6) is 0.485. The second-order valence-electron chi connectivity index (χ2n) is 8.88. The van der Waals surface area contributed by atoms with Crippen LogP contribution < -0.4 is 10.2 Å². The highest BCUT2D eigenvalue weighted by atomic mass is 32.1. The monoisotopic (exact) mass is 452 g/mol. The first-order chi connectivity index (χ1) is 16.0. The minimum Gasteiger partial charge on any atom is -0.351 e. The molecule has 0 aliphatic carbocycles. The molecule has 2 aromatic carbocycles. The van der Waals surface area contributed by atoms with Gasteiger partial charge in [-0.25, -0.2) is 0 Å². The van der Waals surface area contributed by atoms with E-state index in [2.05, 4.69) is 113 Å². The fourth-order valence-corrected chi connectivity index (χ4v) is 4.87. The van der Waals surface area contributed by atoms with Gasteiger partial charge in [0.15, 0.2) is 5.11 Å². The molecule has 33 heavy (non-hydrogen) atoms. The van der Waals surface area contributed by atoms with Crippen LogP contribution in [0, 0.1) is 6.92 Å². The van der Waals surface area contributed by atoms with E-state index in [0.717, 1.165) is 22.8 Å². The summed E-state index contributed by atoms with van der Waals surface area (Å²) in [4.78, 5) is 6.91. The van der Waals surface area contributed by atoms with Crippen LogP contribution in [0.4, 0.5) is 5.69 Å². The van der Waals surface area contributed by atoms with Crippen molar-refractivity contribution in [2.45, 2.75) is 38.8 Å². The molecule has 4 nitrogen and oxygen atoms in total. The van der Waals surface area contributed by atoms with Crippen LogP contribution in [-0.2, 0) is 0 Å². The third-order valence-electron chi connectivity index (χ3n) is 6.33. The molecular formula is C28H28N4S. The maximum absolute atomic E-state index is 5.89. The molecule has 1 saturated heterocycles. The van der Waals surface area contributed by atoms with Gasteiger partial charge in [-0.3, -0.25) is 4.98 Å². The van der Waals surface area contributed by atoms with Gasteiger partial charge in [0, 0.05) is 29.5 Å². The van der Waals surface area contributed by atoms with Crippen molar-refractivity contribution in [2.75, 3.05) is 4.90 Å². The average molecular weight is 453 g/mol. The summed E-state index contributed by atoms with van der Waals surface area (Å²) in [5, 5.41) is 4.28. The number of hydrogen-bond donors (Lipinski definition) is 1. The molecule has 1 aliphatic heterocycles. The molecule has 4 aromatic rings. The summed E-state index contributed by atoms with van der Waals surface area (Å²) in [7, 11) is 0. The Morgan fingerprint density at radius 3 is 2.27 bits per heavy atom. The molecule has 5 rings (SSSR count). The van der Waals surface area contributed by atoms with Crippen LogP contribution in [0.15, 0.2) is 91.3 Å². The van der Waals surface area contributed by atoms with Crippen LogP contribution in [0.1, 0.15) is 54.4 Å². The molecule has 0 spiro atoms. The zero-order chi connectivity index (χ0) is 22.9. The molecule has 1 N–H and O–H groups in total. The number of rotatable bonds is 5. The smallest absolute Gasteiger partial charge is 0.174 e. The van der Waals surface area contributed by atoms with Crippen molar-refractivity contribution in [3.05, 3.63) is 114 Å². The fourth-order valence-electron chi connectivity index (χ4n) is 4.53. The zero-order valence-electron chi connectivity index (χ0n) is 19.1. The lowest BCUT2D eigenvalue weighted by Crippen LogP contribution is -2.30. The first kappa shape index (κ1) is 21.4.